The predicted octanol–water partition coefficient (Wildman–Crippen LogP) is 3.61. The van der Waals surface area contributed by atoms with Crippen LogP contribution in [0.2, 0.25) is 0 Å². The summed E-state index contributed by atoms with van der Waals surface area (Å²) in [6.45, 7) is 1.01. The topological polar surface area (TPSA) is 107 Å². The fraction of sp³-hybridized carbons (Fsp3) is 0.414. The summed E-state index contributed by atoms with van der Waals surface area (Å²) in [4.78, 5) is 22.0. The van der Waals surface area contributed by atoms with Crippen molar-refractivity contribution in [3.8, 4) is 22.4 Å². The molecule has 5 aromatic rings. The Hall–Kier alpha value is -3.80. The van der Waals surface area contributed by atoms with E-state index >= 15 is 4.39 Å². The Morgan fingerprint density at radius 1 is 1.25 bits per heavy atom. The van der Waals surface area contributed by atoms with Gasteiger partial charge in [-0.2, -0.15) is 4.39 Å². The van der Waals surface area contributed by atoms with Crippen LogP contribution in [-0.2, 0) is 30.2 Å². The third-order valence-electron chi connectivity index (χ3n) is 9.15. The largest absolute Gasteiger partial charge is 0.369 e. The minimum absolute atomic E-state index is 0.0178. The number of aromatic nitrogens is 6. The summed E-state index contributed by atoms with van der Waals surface area (Å²) < 4.78 is 32.8. The first kappa shape index (κ1) is 24.0. The predicted molar refractivity (Wildman–Crippen MR) is 147 cm³/mol. The minimum atomic E-state index is -0.572. The number of halogens is 1. The van der Waals surface area contributed by atoms with Crippen LogP contribution >= 0.6 is 0 Å². The molecule has 4 atom stereocenters. The van der Waals surface area contributed by atoms with E-state index in [1.54, 1.807) is 31.1 Å². The molecule has 1 saturated carbocycles. The number of aromatic amines is 1. The van der Waals surface area contributed by atoms with Gasteiger partial charge in [0.1, 0.15) is 11.8 Å². The van der Waals surface area contributed by atoms with Crippen molar-refractivity contribution in [2.75, 3.05) is 13.7 Å². The van der Waals surface area contributed by atoms with Crippen molar-refractivity contribution < 1.29 is 13.9 Å². The van der Waals surface area contributed by atoms with Crippen molar-refractivity contribution in [2.24, 2.45) is 20.0 Å². The zero-order chi connectivity index (χ0) is 27.3. The van der Waals surface area contributed by atoms with Gasteiger partial charge < -0.3 is 14.5 Å². The SMILES string of the molecule is CNC1(C2OCc3cccc(c3)-c3c(-c4cn(C)nc4F)[nH]c4ncc5c(c34)n(c(=O)n5C)[C@@H]3CC[C@@H]2C3)CO1. The Morgan fingerprint density at radius 3 is 2.85 bits per heavy atom. The maximum atomic E-state index is 15.2. The van der Waals surface area contributed by atoms with E-state index in [0.29, 0.717) is 30.1 Å². The third kappa shape index (κ3) is 3.28. The van der Waals surface area contributed by atoms with Crippen LogP contribution in [0.3, 0.4) is 0 Å². The number of rotatable bonds is 3. The number of aryl methyl sites for hydroxylation is 2. The highest BCUT2D eigenvalue weighted by Crippen LogP contribution is 2.47. The van der Waals surface area contributed by atoms with E-state index in [0.717, 1.165) is 52.4 Å². The quantitative estimate of drug-likeness (QED) is 0.337. The Kier molecular flexibility index (Phi) is 5.02. The molecule has 4 aromatic heterocycles. The molecule has 2 N–H and O–H groups in total. The van der Waals surface area contributed by atoms with Gasteiger partial charge in [0.2, 0.25) is 5.95 Å². The van der Waals surface area contributed by atoms with E-state index < -0.39 is 11.7 Å². The van der Waals surface area contributed by atoms with Crippen molar-refractivity contribution in [1.82, 2.24) is 34.2 Å². The molecule has 8 rings (SSSR count). The molecule has 0 amide bonds. The van der Waals surface area contributed by atoms with Gasteiger partial charge in [-0.1, -0.05) is 18.2 Å². The van der Waals surface area contributed by atoms with Gasteiger partial charge >= 0.3 is 5.69 Å². The first-order chi connectivity index (χ1) is 19.4. The summed E-state index contributed by atoms with van der Waals surface area (Å²) in [5.74, 6) is -0.355. The number of nitrogens with zero attached hydrogens (tertiary/aromatic N) is 5. The zero-order valence-electron chi connectivity index (χ0n) is 22.6. The molecule has 1 saturated heterocycles. The van der Waals surface area contributed by atoms with Crippen LogP contribution in [0.15, 0.2) is 41.5 Å². The lowest BCUT2D eigenvalue weighted by Gasteiger charge is -2.29. The molecule has 6 heterocycles. The second kappa shape index (κ2) is 8.35. The molecular weight excluding hydrogens is 513 g/mol. The second-order valence-corrected chi connectivity index (χ2v) is 11.4. The van der Waals surface area contributed by atoms with Gasteiger partial charge in [0.25, 0.3) is 0 Å². The molecular formula is C29H30FN7O3. The molecule has 0 spiro atoms. The van der Waals surface area contributed by atoms with E-state index in [4.69, 9.17) is 14.5 Å². The smallest absolute Gasteiger partial charge is 0.329 e. The van der Waals surface area contributed by atoms with Crippen LogP contribution in [-0.4, -0.2) is 54.4 Å². The van der Waals surface area contributed by atoms with E-state index in [1.807, 2.05) is 29.8 Å². The zero-order valence-corrected chi connectivity index (χ0v) is 22.6. The number of H-pyrrole nitrogens is 1. The van der Waals surface area contributed by atoms with Gasteiger partial charge in [0, 0.05) is 31.9 Å². The lowest BCUT2D eigenvalue weighted by atomic mass is 9.94. The maximum Gasteiger partial charge on any atom is 0.329 e. The summed E-state index contributed by atoms with van der Waals surface area (Å²) in [5.41, 5.74) is 5.19. The van der Waals surface area contributed by atoms with E-state index in [-0.39, 0.29) is 23.8 Å². The van der Waals surface area contributed by atoms with Crippen LogP contribution in [0.4, 0.5) is 4.39 Å². The summed E-state index contributed by atoms with van der Waals surface area (Å²) in [7, 11) is 5.40. The molecule has 0 radical (unpaired) electrons. The molecule has 2 unspecified atom stereocenters. The van der Waals surface area contributed by atoms with Crippen LogP contribution < -0.4 is 11.0 Å². The summed E-state index contributed by atoms with van der Waals surface area (Å²) >= 11 is 0. The normalized spacial score (nSPS) is 25.9. The average Bonchev–Trinajstić information content (AvgIpc) is 3.19. The second-order valence-electron chi connectivity index (χ2n) is 11.4. The fourth-order valence-corrected chi connectivity index (χ4v) is 7.12. The Morgan fingerprint density at radius 2 is 2.10 bits per heavy atom. The number of hydrogen-bond acceptors (Lipinski definition) is 6. The fourth-order valence-electron chi connectivity index (χ4n) is 7.12. The van der Waals surface area contributed by atoms with Crippen molar-refractivity contribution in [1.29, 1.82) is 0 Å². The lowest BCUT2D eigenvalue weighted by molar-refractivity contribution is -0.0576. The molecule has 11 heteroatoms. The molecule has 2 aliphatic heterocycles. The van der Waals surface area contributed by atoms with Crippen LogP contribution in [0.25, 0.3) is 44.5 Å². The standard InChI is InChI=1S/C29H30FN7O3/c1-31-29(14-40-29)25-17-7-8-18(10-17)37-24-20(36(3)28(37)38)11-32-27-22(24)21(16-6-4-5-15(9-16)13-39-25)23(33-27)19-12-35(2)34-26(19)30/h4-6,9,11-12,17-18,25,31H,7-8,10,13-14H2,1-3H3,(H,32,33)/t17-,18-,25?,29?/m1/s1. The number of benzene rings is 1. The lowest BCUT2D eigenvalue weighted by Crippen LogP contribution is -2.47. The number of likely N-dealkylation sites (N-methyl/N-ethyl adjacent to an activating group) is 1. The number of epoxide rings is 1. The molecule has 1 aromatic carbocycles. The molecule has 10 nitrogen and oxygen atoms in total. The van der Waals surface area contributed by atoms with Gasteiger partial charge in [0.15, 0.2) is 5.72 Å². The molecule has 1 aliphatic carbocycles. The van der Waals surface area contributed by atoms with Gasteiger partial charge in [-0.15, -0.1) is 5.10 Å². The van der Waals surface area contributed by atoms with E-state index in [2.05, 4.69) is 21.5 Å². The molecule has 3 aliphatic rings. The van der Waals surface area contributed by atoms with Crippen molar-refractivity contribution in [3.05, 3.63) is 58.7 Å². The number of fused-ring (bicyclic) bond motifs is 6. The Balaban J connectivity index is 1.46. The van der Waals surface area contributed by atoms with Gasteiger partial charge in [0.05, 0.1) is 47.1 Å². The maximum absolute atomic E-state index is 15.2. The summed E-state index contributed by atoms with van der Waals surface area (Å²) in [5, 5.41) is 8.13. The highest BCUT2D eigenvalue weighted by Gasteiger charge is 2.55. The third-order valence-corrected chi connectivity index (χ3v) is 9.15. The van der Waals surface area contributed by atoms with Gasteiger partial charge in [-0.25, -0.2) is 9.78 Å². The summed E-state index contributed by atoms with van der Waals surface area (Å²) in [6.07, 6.45) is 5.81. The minimum Gasteiger partial charge on any atom is -0.369 e. The number of imidazole rings is 1. The molecule has 4 bridgehead atoms. The number of pyridine rings is 1. The molecule has 40 heavy (non-hydrogen) atoms. The molecule has 206 valence electrons. The monoisotopic (exact) mass is 543 g/mol. The number of nitrogens with one attached hydrogen (secondary N) is 2. The first-order valence-electron chi connectivity index (χ1n) is 13.7. The van der Waals surface area contributed by atoms with Crippen molar-refractivity contribution >= 4 is 22.1 Å². The number of ether oxygens (including phenoxy) is 2. The van der Waals surface area contributed by atoms with Crippen LogP contribution in [0.1, 0.15) is 30.9 Å². The van der Waals surface area contributed by atoms with Gasteiger partial charge in [-0.3, -0.25) is 19.1 Å². The average molecular weight is 544 g/mol. The number of hydrogen-bond donors (Lipinski definition) is 2. The highest BCUT2D eigenvalue weighted by atomic mass is 19.1. The Bertz CT molecular complexity index is 1880. The Labute approximate surface area is 228 Å². The van der Waals surface area contributed by atoms with E-state index in [9.17, 15) is 4.79 Å². The van der Waals surface area contributed by atoms with Crippen LogP contribution in [0.5, 0.6) is 0 Å². The highest BCUT2D eigenvalue weighted by molar-refractivity contribution is 6.14. The summed E-state index contributed by atoms with van der Waals surface area (Å²) in [6, 6.07) is 8.11. The molecule has 2 fully saturated rings. The van der Waals surface area contributed by atoms with Crippen molar-refractivity contribution in [2.45, 2.75) is 43.7 Å². The van der Waals surface area contributed by atoms with Crippen molar-refractivity contribution in [3.63, 3.8) is 0 Å². The van der Waals surface area contributed by atoms with Crippen LogP contribution in [0, 0.1) is 11.9 Å². The first-order valence-corrected chi connectivity index (χ1v) is 13.7. The van der Waals surface area contributed by atoms with E-state index in [1.165, 1.54) is 4.68 Å². The van der Waals surface area contributed by atoms with Gasteiger partial charge in [-0.05, 0) is 49.4 Å².